The third-order valence-corrected chi connectivity index (χ3v) is 3.42. The minimum Gasteiger partial charge on any atom is -0.395 e. The molecule has 0 saturated carbocycles. The Bertz CT molecular complexity index is 536. The van der Waals surface area contributed by atoms with Crippen LogP contribution in [-0.2, 0) is 6.42 Å². The lowest BCUT2D eigenvalue weighted by molar-refractivity contribution is 0.193. The molecule has 0 aliphatic carbocycles. The molecule has 0 spiro atoms. The van der Waals surface area contributed by atoms with Crippen LogP contribution in [0.4, 0.5) is 0 Å². The van der Waals surface area contributed by atoms with Gasteiger partial charge in [-0.15, -0.1) is 0 Å². The van der Waals surface area contributed by atoms with Gasteiger partial charge in [-0.25, -0.2) is 0 Å². The molecule has 5 nitrogen and oxygen atoms in total. The van der Waals surface area contributed by atoms with E-state index in [1.165, 1.54) is 0 Å². The Labute approximate surface area is 129 Å². The van der Waals surface area contributed by atoms with Crippen molar-refractivity contribution in [1.82, 2.24) is 15.0 Å². The first kappa shape index (κ1) is 15.9. The minimum atomic E-state index is 0.167. The molecule has 0 fully saturated rings. The maximum absolute atomic E-state index is 9.03. The highest BCUT2D eigenvalue weighted by atomic mass is 35.5. The number of aliphatic hydroxyl groups excluding tert-OH is 1. The summed E-state index contributed by atoms with van der Waals surface area (Å²) in [6.45, 7) is 4.72. The molecule has 1 aromatic carbocycles. The van der Waals surface area contributed by atoms with Gasteiger partial charge in [0.15, 0.2) is 0 Å². The molecule has 1 N–H and O–H groups in total. The lowest BCUT2D eigenvalue weighted by Gasteiger charge is -2.19. The Balaban J connectivity index is 1.95. The van der Waals surface area contributed by atoms with Crippen molar-refractivity contribution < 1.29 is 9.63 Å². The van der Waals surface area contributed by atoms with Crippen molar-refractivity contribution in [2.45, 2.75) is 19.8 Å². The molecule has 0 bridgehead atoms. The first-order chi connectivity index (χ1) is 10.2. The van der Waals surface area contributed by atoms with Gasteiger partial charge in [-0.1, -0.05) is 23.7 Å². The summed E-state index contributed by atoms with van der Waals surface area (Å²) >= 11 is 5.86. The number of hydrogen-bond acceptors (Lipinski definition) is 5. The predicted octanol–water partition coefficient (Wildman–Crippen LogP) is 2.64. The molecule has 1 aromatic heterocycles. The highest BCUT2D eigenvalue weighted by Gasteiger charge is 2.10. The molecular formula is C15H20ClN3O2. The average Bonchev–Trinajstić information content (AvgIpc) is 2.95. The zero-order valence-corrected chi connectivity index (χ0v) is 12.9. The van der Waals surface area contributed by atoms with Crippen molar-refractivity contribution >= 4 is 11.6 Å². The number of halogens is 1. The molecule has 0 unspecified atom stereocenters. The van der Waals surface area contributed by atoms with Crippen molar-refractivity contribution in [3.05, 3.63) is 35.2 Å². The Kier molecular flexibility index (Phi) is 6.17. The average molecular weight is 310 g/mol. The summed E-state index contributed by atoms with van der Waals surface area (Å²) in [5, 5.41) is 13.7. The zero-order chi connectivity index (χ0) is 15.1. The first-order valence-electron chi connectivity index (χ1n) is 7.14. The second-order valence-corrected chi connectivity index (χ2v) is 5.27. The van der Waals surface area contributed by atoms with E-state index < -0.39 is 0 Å². The largest absolute Gasteiger partial charge is 0.395 e. The SMILES string of the molecule is CCCN(CCO)CCc1nc(-c2ccc(Cl)cc2)no1. The Morgan fingerprint density at radius 1 is 1.19 bits per heavy atom. The Morgan fingerprint density at radius 2 is 1.95 bits per heavy atom. The fourth-order valence-electron chi connectivity index (χ4n) is 2.12. The van der Waals surface area contributed by atoms with Gasteiger partial charge in [0.1, 0.15) is 0 Å². The fourth-order valence-corrected chi connectivity index (χ4v) is 2.25. The zero-order valence-electron chi connectivity index (χ0n) is 12.1. The van der Waals surface area contributed by atoms with Crippen LogP contribution in [0.5, 0.6) is 0 Å². The van der Waals surface area contributed by atoms with Crippen molar-refractivity contribution in [2.24, 2.45) is 0 Å². The Hall–Kier alpha value is -1.43. The molecule has 0 saturated heterocycles. The van der Waals surface area contributed by atoms with E-state index in [1.807, 2.05) is 12.1 Å². The number of aliphatic hydroxyl groups is 1. The summed E-state index contributed by atoms with van der Waals surface area (Å²) in [5.74, 6) is 1.19. The van der Waals surface area contributed by atoms with Crippen molar-refractivity contribution in [3.8, 4) is 11.4 Å². The van der Waals surface area contributed by atoms with Gasteiger partial charge in [-0.3, -0.25) is 0 Å². The third kappa shape index (κ3) is 4.81. The highest BCUT2D eigenvalue weighted by Crippen LogP contribution is 2.18. The van der Waals surface area contributed by atoms with Crippen LogP contribution in [0.2, 0.25) is 5.02 Å². The van der Waals surface area contributed by atoms with E-state index in [1.54, 1.807) is 12.1 Å². The molecule has 2 rings (SSSR count). The van der Waals surface area contributed by atoms with Crippen molar-refractivity contribution in [3.63, 3.8) is 0 Å². The van der Waals surface area contributed by atoms with Crippen LogP contribution in [-0.4, -0.2) is 46.4 Å². The van der Waals surface area contributed by atoms with Crippen LogP contribution in [0.25, 0.3) is 11.4 Å². The van der Waals surface area contributed by atoms with E-state index in [0.29, 0.717) is 29.7 Å². The summed E-state index contributed by atoms with van der Waals surface area (Å²) in [6, 6.07) is 7.34. The number of hydrogen-bond donors (Lipinski definition) is 1. The standard InChI is InChI=1S/C15H20ClN3O2/c1-2-8-19(10-11-20)9-7-14-17-15(18-21-14)12-3-5-13(16)6-4-12/h3-6,20H,2,7-11H2,1H3. The molecule has 0 aliphatic heterocycles. The molecule has 1 heterocycles. The van der Waals surface area contributed by atoms with Crippen LogP contribution in [0, 0.1) is 0 Å². The molecule has 0 radical (unpaired) electrons. The van der Waals surface area contributed by atoms with E-state index in [0.717, 1.165) is 25.1 Å². The summed E-state index contributed by atoms with van der Waals surface area (Å²) in [6.07, 6.45) is 1.74. The monoisotopic (exact) mass is 309 g/mol. The van der Waals surface area contributed by atoms with Gasteiger partial charge in [0.2, 0.25) is 11.7 Å². The van der Waals surface area contributed by atoms with Gasteiger partial charge in [-0.05, 0) is 37.2 Å². The molecule has 0 atom stereocenters. The Morgan fingerprint density at radius 3 is 2.62 bits per heavy atom. The first-order valence-corrected chi connectivity index (χ1v) is 7.52. The quantitative estimate of drug-likeness (QED) is 0.812. The number of nitrogens with zero attached hydrogens (tertiary/aromatic N) is 3. The van der Waals surface area contributed by atoms with Crippen LogP contribution >= 0.6 is 11.6 Å². The summed E-state index contributed by atoms with van der Waals surface area (Å²) in [7, 11) is 0. The van der Waals surface area contributed by atoms with E-state index in [4.69, 9.17) is 21.2 Å². The second-order valence-electron chi connectivity index (χ2n) is 4.83. The maximum atomic E-state index is 9.03. The molecule has 0 amide bonds. The van der Waals surface area contributed by atoms with Crippen LogP contribution in [0.15, 0.2) is 28.8 Å². The van der Waals surface area contributed by atoms with Crippen molar-refractivity contribution in [1.29, 1.82) is 0 Å². The van der Waals surface area contributed by atoms with Crippen LogP contribution < -0.4 is 0 Å². The lowest BCUT2D eigenvalue weighted by atomic mass is 10.2. The summed E-state index contributed by atoms with van der Waals surface area (Å²) in [5.41, 5.74) is 0.884. The third-order valence-electron chi connectivity index (χ3n) is 3.17. The van der Waals surface area contributed by atoms with Gasteiger partial charge in [0, 0.05) is 30.1 Å². The molecular weight excluding hydrogens is 290 g/mol. The molecule has 21 heavy (non-hydrogen) atoms. The van der Waals surface area contributed by atoms with E-state index in [9.17, 15) is 0 Å². The fraction of sp³-hybridized carbons (Fsp3) is 0.467. The van der Waals surface area contributed by atoms with Gasteiger partial charge >= 0.3 is 0 Å². The summed E-state index contributed by atoms with van der Waals surface area (Å²) < 4.78 is 5.27. The van der Waals surface area contributed by atoms with E-state index in [-0.39, 0.29) is 6.61 Å². The normalized spacial score (nSPS) is 11.2. The van der Waals surface area contributed by atoms with E-state index in [2.05, 4.69) is 22.0 Å². The molecule has 0 aliphatic rings. The van der Waals surface area contributed by atoms with Crippen LogP contribution in [0.1, 0.15) is 19.2 Å². The van der Waals surface area contributed by atoms with Gasteiger partial charge in [0.05, 0.1) is 6.61 Å². The topological polar surface area (TPSA) is 62.4 Å². The predicted molar refractivity (Wildman–Crippen MR) is 82.3 cm³/mol. The highest BCUT2D eigenvalue weighted by molar-refractivity contribution is 6.30. The van der Waals surface area contributed by atoms with Gasteiger partial charge < -0.3 is 14.5 Å². The number of rotatable bonds is 8. The van der Waals surface area contributed by atoms with Crippen molar-refractivity contribution in [2.75, 3.05) is 26.2 Å². The van der Waals surface area contributed by atoms with E-state index >= 15 is 0 Å². The number of aromatic nitrogens is 2. The smallest absolute Gasteiger partial charge is 0.228 e. The maximum Gasteiger partial charge on any atom is 0.228 e. The second kappa shape index (κ2) is 8.12. The number of benzene rings is 1. The molecule has 6 heteroatoms. The van der Waals surface area contributed by atoms with Gasteiger partial charge in [0.25, 0.3) is 0 Å². The molecule has 2 aromatic rings. The lowest BCUT2D eigenvalue weighted by Crippen LogP contribution is -2.29. The summed E-state index contributed by atoms with van der Waals surface area (Å²) in [4.78, 5) is 6.58. The molecule has 114 valence electrons. The van der Waals surface area contributed by atoms with Gasteiger partial charge in [-0.2, -0.15) is 4.98 Å². The minimum absolute atomic E-state index is 0.167. The van der Waals surface area contributed by atoms with Crippen LogP contribution in [0.3, 0.4) is 0 Å².